The van der Waals surface area contributed by atoms with Crippen molar-refractivity contribution in [3.63, 3.8) is 0 Å². The summed E-state index contributed by atoms with van der Waals surface area (Å²) in [6, 6.07) is 4.36. The van der Waals surface area contributed by atoms with E-state index in [1.807, 2.05) is 6.92 Å². The Hall–Kier alpha value is -2.25. The van der Waals surface area contributed by atoms with Crippen LogP contribution in [0.15, 0.2) is 29.3 Å². The Labute approximate surface area is 146 Å². The molecule has 0 bridgehead atoms. The normalized spacial score (nSPS) is 13.5. The molecule has 0 fully saturated rings. The van der Waals surface area contributed by atoms with E-state index in [1.165, 1.54) is 0 Å². The van der Waals surface area contributed by atoms with E-state index in [2.05, 4.69) is 34.8 Å². The van der Waals surface area contributed by atoms with E-state index in [1.54, 1.807) is 7.05 Å². The number of benzene rings is 1. The highest BCUT2D eigenvalue weighted by Crippen LogP contribution is 2.28. The summed E-state index contributed by atoms with van der Waals surface area (Å²) in [7, 11) is 1.66. The topological polar surface area (TPSA) is 65.5 Å². The summed E-state index contributed by atoms with van der Waals surface area (Å²) in [4.78, 5) is 16.0. The summed E-state index contributed by atoms with van der Waals surface area (Å²) in [6.07, 6.45) is -4.41. The van der Waals surface area contributed by atoms with Crippen LogP contribution in [-0.2, 0) is 6.18 Å². The van der Waals surface area contributed by atoms with Gasteiger partial charge in [0.05, 0.1) is 5.56 Å². The highest BCUT2D eigenvalue weighted by molar-refractivity contribution is 5.94. The fourth-order valence-corrected chi connectivity index (χ4v) is 1.85. The Morgan fingerprint density at radius 3 is 2.12 bits per heavy atom. The molecule has 0 saturated heterocycles. The molecule has 1 rings (SSSR count). The number of nitrogens with one attached hydrogen (secondary N) is 3. The summed E-state index contributed by atoms with van der Waals surface area (Å²) in [5.74, 6) is 0.650. The second-order valence-corrected chi connectivity index (χ2v) is 6.01. The van der Waals surface area contributed by atoms with E-state index in [9.17, 15) is 18.0 Å². The van der Waals surface area contributed by atoms with Crippen molar-refractivity contribution in [2.75, 3.05) is 20.1 Å². The van der Waals surface area contributed by atoms with Crippen LogP contribution in [0.5, 0.6) is 0 Å². The average Bonchev–Trinajstić information content (AvgIpc) is 2.56. The molecule has 1 aromatic rings. The number of amides is 1. The van der Waals surface area contributed by atoms with Crippen molar-refractivity contribution < 1.29 is 18.0 Å². The number of guanidine groups is 1. The van der Waals surface area contributed by atoms with E-state index < -0.39 is 17.6 Å². The maximum absolute atomic E-state index is 12.5. The highest BCUT2D eigenvalue weighted by atomic mass is 19.4. The molecule has 0 radical (unpaired) electrons. The summed E-state index contributed by atoms with van der Waals surface area (Å²) in [5, 5.41) is 8.94. The van der Waals surface area contributed by atoms with Crippen LogP contribution >= 0.6 is 0 Å². The Morgan fingerprint density at radius 1 is 1.08 bits per heavy atom. The molecule has 0 aliphatic heterocycles. The predicted molar refractivity (Wildman–Crippen MR) is 92.6 cm³/mol. The van der Waals surface area contributed by atoms with Gasteiger partial charge in [0.1, 0.15) is 0 Å². The number of alkyl halides is 3. The lowest BCUT2D eigenvalue weighted by molar-refractivity contribution is -0.137. The van der Waals surface area contributed by atoms with E-state index in [0.717, 1.165) is 24.3 Å². The van der Waals surface area contributed by atoms with Gasteiger partial charge in [-0.2, -0.15) is 13.2 Å². The molecule has 0 aliphatic rings. The number of hydrogen-bond donors (Lipinski definition) is 3. The van der Waals surface area contributed by atoms with Gasteiger partial charge in [0.2, 0.25) is 0 Å². The molecule has 0 saturated carbocycles. The molecule has 1 aromatic carbocycles. The lowest BCUT2D eigenvalue weighted by Crippen LogP contribution is -2.46. The van der Waals surface area contributed by atoms with Crippen molar-refractivity contribution in [3.8, 4) is 0 Å². The molecule has 1 amide bonds. The molecule has 3 N–H and O–H groups in total. The molecule has 0 heterocycles. The Balaban J connectivity index is 2.42. The van der Waals surface area contributed by atoms with Crippen molar-refractivity contribution in [2.45, 2.75) is 33.0 Å². The predicted octanol–water partition coefficient (Wildman–Crippen LogP) is 2.64. The van der Waals surface area contributed by atoms with Crippen LogP contribution in [-0.4, -0.2) is 38.0 Å². The first-order valence-corrected chi connectivity index (χ1v) is 8.07. The summed E-state index contributed by atoms with van der Waals surface area (Å²) in [5.41, 5.74) is -0.594. The minimum absolute atomic E-state index is 0.184. The fraction of sp³-hybridized carbons (Fsp3) is 0.529. The van der Waals surface area contributed by atoms with Gasteiger partial charge < -0.3 is 16.0 Å². The van der Waals surface area contributed by atoms with Crippen LogP contribution < -0.4 is 16.0 Å². The zero-order chi connectivity index (χ0) is 19.0. The average molecular weight is 358 g/mol. The molecule has 0 aliphatic carbocycles. The van der Waals surface area contributed by atoms with Gasteiger partial charge in [-0.25, -0.2) is 0 Å². The quantitative estimate of drug-likeness (QED) is 0.416. The van der Waals surface area contributed by atoms with Crippen LogP contribution in [0, 0.1) is 5.92 Å². The first-order chi connectivity index (χ1) is 11.6. The van der Waals surface area contributed by atoms with Crippen LogP contribution in [0.4, 0.5) is 13.2 Å². The maximum atomic E-state index is 12.5. The van der Waals surface area contributed by atoms with Crippen molar-refractivity contribution in [1.82, 2.24) is 16.0 Å². The van der Waals surface area contributed by atoms with Gasteiger partial charge in [-0.3, -0.25) is 9.79 Å². The van der Waals surface area contributed by atoms with Crippen LogP contribution in [0.2, 0.25) is 0 Å². The second kappa shape index (κ2) is 9.29. The molecular weight excluding hydrogens is 333 g/mol. The first kappa shape index (κ1) is 20.8. The molecule has 140 valence electrons. The fourth-order valence-electron chi connectivity index (χ4n) is 1.85. The lowest BCUT2D eigenvalue weighted by atomic mass is 10.1. The third-order valence-corrected chi connectivity index (χ3v) is 3.77. The molecule has 25 heavy (non-hydrogen) atoms. The summed E-state index contributed by atoms with van der Waals surface area (Å²) >= 11 is 0. The minimum atomic E-state index is -4.41. The molecule has 1 unspecified atom stereocenters. The SMILES string of the molecule is CN=C(NCCNC(=O)c1ccc(C(F)(F)F)cc1)NC(C)C(C)C. The number of aliphatic imine (C=N–C) groups is 1. The van der Waals surface area contributed by atoms with Gasteiger partial charge in [-0.05, 0) is 37.1 Å². The monoisotopic (exact) mass is 358 g/mol. The third kappa shape index (κ3) is 7.03. The lowest BCUT2D eigenvalue weighted by Gasteiger charge is -2.20. The standard InChI is InChI=1S/C17H25F3N4O/c1-11(2)12(3)24-16(21-4)23-10-9-22-15(25)13-5-7-14(8-6-13)17(18,19)20/h5-8,11-12H,9-10H2,1-4H3,(H,22,25)(H2,21,23,24). The molecular formula is C17H25F3N4O. The van der Waals surface area contributed by atoms with Crippen molar-refractivity contribution in [3.05, 3.63) is 35.4 Å². The second-order valence-electron chi connectivity index (χ2n) is 6.01. The smallest absolute Gasteiger partial charge is 0.355 e. The zero-order valence-electron chi connectivity index (χ0n) is 14.9. The molecule has 1 atom stereocenters. The Morgan fingerprint density at radius 2 is 1.64 bits per heavy atom. The molecule has 0 spiro atoms. The van der Waals surface area contributed by atoms with E-state index in [-0.39, 0.29) is 11.6 Å². The van der Waals surface area contributed by atoms with Gasteiger partial charge in [0, 0.05) is 31.7 Å². The number of carbonyl (C=O) groups excluding carboxylic acids is 1. The van der Waals surface area contributed by atoms with Crippen molar-refractivity contribution >= 4 is 11.9 Å². The third-order valence-electron chi connectivity index (χ3n) is 3.77. The van der Waals surface area contributed by atoms with Crippen LogP contribution in [0.3, 0.4) is 0 Å². The molecule has 8 heteroatoms. The van der Waals surface area contributed by atoms with E-state index in [4.69, 9.17) is 0 Å². The number of nitrogens with zero attached hydrogens (tertiary/aromatic N) is 1. The first-order valence-electron chi connectivity index (χ1n) is 8.07. The number of hydrogen-bond acceptors (Lipinski definition) is 2. The summed E-state index contributed by atoms with van der Waals surface area (Å²) in [6.45, 7) is 6.99. The van der Waals surface area contributed by atoms with E-state index in [0.29, 0.717) is 25.0 Å². The molecule has 5 nitrogen and oxygen atoms in total. The Bertz CT molecular complexity index is 583. The number of rotatable bonds is 6. The number of carbonyl (C=O) groups is 1. The van der Waals surface area contributed by atoms with Gasteiger partial charge in [-0.15, -0.1) is 0 Å². The summed E-state index contributed by atoms with van der Waals surface area (Å²) < 4.78 is 37.5. The largest absolute Gasteiger partial charge is 0.416 e. The minimum Gasteiger partial charge on any atom is -0.355 e. The van der Waals surface area contributed by atoms with Gasteiger partial charge in [-0.1, -0.05) is 13.8 Å². The Kier molecular flexibility index (Phi) is 7.73. The van der Waals surface area contributed by atoms with Crippen molar-refractivity contribution in [1.29, 1.82) is 0 Å². The van der Waals surface area contributed by atoms with Gasteiger partial charge >= 0.3 is 6.18 Å². The van der Waals surface area contributed by atoms with Crippen molar-refractivity contribution in [2.24, 2.45) is 10.9 Å². The van der Waals surface area contributed by atoms with Crippen LogP contribution in [0.25, 0.3) is 0 Å². The van der Waals surface area contributed by atoms with Gasteiger partial charge in [0.15, 0.2) is 5.96 Å². The maximum Gasteiger partial charge on any atom is 0.416 e. The van der Waals surface area contributed by atoms with Gasteiger partial charge in [0.25, 0.3) is 5.91 Å². The molecule has 0 aromatic heterocycles. The highest BCUT2D eigenvalue weighted by Gasteiger charge is 2.30. The number of halogens is 3. The van der Waals surface area contributed by atoms with Crippen LogP contribution in [0.1, 0.15) is 36.7 Å². The van der Waals surface area contributed by atoms with E-state index >= 15 is 0 Å². The zero-order valence-corrected chi connectivity index (χ0v) is 14.9.